The van der Waals surface area contributed by atoms with E-state index in [0.29, 0.717) is 11.3 Å². The first kappa shape index (κ1) is 11.6. The smallest absolute Gasteiger partial charge is 0.338 e. The molecule has 0 aliphatic carbocycles. The Labute approximate surface area is 90.2 Å². The predicted octanol–water partition coefficient (Wildman–Crippen LogP) is 2.45. The summed E-state index contributed by atoms with van der Waals surface area (Å²) in [6.07, 6.45) is -0.102. The third kappa shape index (κ3) is 2.49. The van der Waals surface area contributed by atoms with Gasteiger partial charge in [-0.25, -0.2) is 4.79 Å². The first-order valence-electron chi connectivity index (χ1n) is 5.00. The molecular weight excluding hydrogens is 190 g/mol. The maximum atomic E-state index is 11.7. The van der Waals surface area contributed by atoms with Gasteiger partial charge in [-0.2, -0.15) is 0 Å². The molecule has 0 aliphatic heterocycles. The van der Waals surface area contributed by atoms with Gasteiger partial charge in [0, 0.05) is 5.69 Å². The molecular formula is C12H17NO2. The van der Waals surface area contributed by atoms with E-state index in [0.717, 1.165) is 11.1 Å². The van der Waals surface area contributed by atoms with Gasteiger partial charge in [0.1, 0.15) is 0 Å². The lowest BCUT2D eigenvalue weighted by molar-refractivity contribution is 0.0377. The molecule has 0 saturated carbocycles. The van der Waals surface area contributed by atoms with Crippen LogP contribution in [0.25, 0.3) is 0 Å². The summed E-state index contributed by atoms with van der Waals surface area (Å²) in [5, 5.41) is 0. The van der Waals surface area contributed by atoms with Crippen LogP contribution in [0.3, 0.4) is 0 Å². The van der Waals surface area contributed by atoms with Crippen LogP contribution in [0.15, 0.2) is 12.1 Å². The first-order chi connectivity index (χ1) is 6.93. The van der Waals surface area contributed by atoms with Crippen molar-refractivity contribution in [1.29, 1.82) is 0 Å². The molecule has 0 radical (unpaired) electrons. The Morgan fingerprint density at radius 1 is 1.27 bits per heavy atom. The molecule has 3 nitrogen and oxygen atoms in total. The Bertz CT molecular complexity index is 383. The molecule has 0 saturated heterocycles. The zero-order valence-electron chi connectivity index (χ0n) is 9.63. The number of hydrogen-bond donors (Lipinski definition) is 1. The van der Waals surface area contributed by atoms with E-state index in [9.17, 15) is 4.79 Å². The maximum absolute atomic E-state index is 11.7. The minimum Gasteiger partial charge on any atom is -0.459 e. The highest BCUT2D eigenvalue weighted by Crippen LogP contribution is 2.20. The summed E-state index contributed by atoms with van der Waals surface area (Å²) in [5.74, 6) is -0.286. The molecule has 0 bridgehead atoms. The zero-order valence-corrected chi connectivity index (χ0v) is 9.63. The highest BCUT2D eigenvalue weighted by molar-refractivity contribution is 5.92. The van der Waals surface area contributed by atoms with Crippen molar-refractivity contribution < 1.29 is 9.53 Å². The molecule has 1 rings (SSSR count). The number of anilines is 1. The maximum Gasteiger partial charge on any atom is 0.338 e. The average molecular weight is 207 g/mol. The van der Waals surface area contributed by atoms with Crippen LogP contribution in [0.4, 0.5) is 5.69 Å². The van der Waals surface area contributed by atoms with Gasteiger partial charge in [-0.05, 0) is 51.0 Å². The molecule has 0 aromatic heterocycles. The third-order valence-electron chi connectivity index (χ3n) is 2.39. The lowest BCUT2D eigenvalue weighted by Gasteiger charge is -2.12. The van der Waals surface area contributed by atoms with E-state index in [1.807, 2.05) is 27.7 Å². The number of carbonyl (C=O) groups is 1. The number of nitrogens with two attached hydrogens (primary N) is 1. The molecule has 0 amide bonds. The molecule has 1 aromatic carbocycles. The summed E-state index contributed by atoms with van der Waals surface area (Å²) in [4.78, 5) is 11.7. The fourth-order valence-corrected chi connectivity index (χ4v) is 1.34. The van der Waals surface area contributed by atoms with Crippen molar-refractivity contribution in [1.82, 2.24) is 0 Å². The molecule has 15 heavy (non-hydrogen) atoms. The Balaban J connectivity index is 3.06. The van der Waals surface area contributed by atoms with E-state index in [-0.39, 0.29) is 12.1 Å². The van der Waals surface area contributed by atoms with Crippen LogP contribution in [0.2, 0.25) is 0 Å². The van der Waals surface area contributed by atoms with Crippen LogP contribution in [-0.2, 0) is 4.74 Å². The van der Waals surface area contributed by atoms with Crippen molar-refractivity contribution in [3.63, 3.8) is 0 Å². The molecule has 3 heteroatoms. The lowest BCUT2D eigenvalue weighted by atomic mass is 10.0. The Hall–Kier alpha value is -1.51. The fourth-order valence-electron chi connectivity index (χ4n) is 1.34. The van der Waals surface area contributed by atoms with Crippen LogP contribution in [0.1, 0.15) is 35.3 Å². The van der Waals surface area contributed by atoms with Gasteiger partial charge in [0.25, 0.3) is 0 Å². The largest absolute Gasteiger partial charge is 0.459 e. The number of ether oxygens (including phenoxy) is 1. The second kappa shape index (κ2) is 4.34. The van der Waals surface area contributed by atoms with Gasteiger partial charge in [-0.15, -0.1) is 0 Å². The van der Waals surface area contributed by atoms with Gasteiger partial charge in [-0.1, -0.05) is 0 Å². The van der Waals surface area contributed by atoms with Gasteiger partial charge in [0.05, 0.1) is 11.7 Å². The summed E-state index contributed by atoms with van der Waals surface area (Å²) in [6.45, 7) is 7.44. The van der Waals surface area contributed by atoms with Gasteiger partial charge in [0.15, 0.2) is 0 Å². The summed E-state index contributed by atoms with van der Waals surface area (Å²) in [5.41, 5.74) is 8.86. The molecule has 0 fully saturated rings. The summed E-state index contributed by atoms with van der Waals surface area (Å²) >= 11 is 0. The number of esters is 1. The van der Waals surface area contributed by atoms with Crippen molar-refractivity contribution in [3.8, 4) is 0 Å². The normalized spacial score (nSPS) is 10.5. The van der Waals surface area contributed by atoms with Crippen molar-refractivity contribution in [2.45, 2.75) is 33.8 Å². The lowest BCUT2D eigenvalue weighted by Crippen LogP contribution is -2.13. The third-order valence-corrected chi connectivity index (χ3v) is 2.39. The number of hydrogen-bond acceptors (Lipinski definition) is 3. The summed E-state index contributed by atoms with van der Waals surface area (Å²) in [6, 6.07) is 3.45. The van der Waals surface area contributed by atoms with E-state index >= 15 is 0 Å². The van der Waals surface area contributed by atoms with Gasteiger partial charge in [-0.3, -0.25) is 0 Å². The number of carbonyl (C=O) groups excluding carboxylic acids is 1. The molecule has 0 heterocycles. The van der Waals surface area contributed by atoms with Crippen LogP contribution >= 0.6 is 0 Å². The zero-order chi connectivity index (χ0) is 11.6. The second-order valence-electron chi connectivity index (χ2n) is 3.91. The molecule has 0 unspecified atom stereocenters. The minimum atomic E-state index is -0.286. The van der Waals surface area contributed by atoms with Gasteiger partial charge < -0.3 is 10.5 Å². The van der Waals surface area contributed by atoms with Gasteiger partial charge >= 0.3 is 5.97 Å². The fraction of sp³-hybridized carbons (Fsp3) is 0.417. The van der Waals surface area contributed by atoms with Gasteiger partial charge in [0.2, 0.25) is 0 Å². The van der Waals surface area contributed by atoms with E-state index in [2.05, 4.69) is 0 Å². The average Bonchev–Trinajstić information content (AvgIpc) is 2.13. The number of benzene rings is 1. The Kier molecular flexibility index (Phi) is 3.35. The monoisotopic (exact) mass is 207 g/mol. The van der Waals surface area contributed by atoms with Crippen LogP contribution in [0.5, 0.6) is 0 Å². The van der Waals surface area contributed by atoms with E-state index < -0.39 is 0 Å². The summed E-state index contributed by atoms with van der Waals surface area (Å²) in [7, 11) is 0. The highest BCUT2D eigenvalue weighted by atomic mass is 16.5. The molecule has 0 spiro atoms. The second-order valence-corrected chi connectivity index (χ2v) is 3.91. The van der Waals surface area contributed by atoms with Crippen molar-refractivity contribution in [2.24, 2.45) is 0 Å². The number of rotatable bonds is 2. The Morgan fingerprint density at radius 2 is 1.87 bits per heavy atom. The molecule has 1 aromatic rings. The Morgan fingerprint density at radius 3 is 2.40 bits per heavy atom. The quantitative estimate of drug-likeness (QED) is 0.598. The molecule has 82 valence electrons. The molecule has 0 atom stereocenters. The SMILES string of the molecule is Cc1c(N)ccc(C(=O)OC(C)C)c1C. The summed E-state index contributed by atoms with van der Waals surface area (Å²) < 4.78 is 5.13. The topological polar surface area (TPSA) is 52.3 Å². The standard InChI is InChI=1S/C12H17NO2/c1-7(2)15-12(14)10-5-6-11(13)9(4)8(10)3/h5-7H,13H2,1-4H3. The predicted molar refractivity (Wildman–Crippen MR) is 60.9 cm³/mol. The highest BCUT2D eigenvalue weighted by Gasteiger charge is 2.14. The van der Waals surface area contributed by atoms with E-state index in [4.69, 9.17) is 10.5 Å². The minimum absolute atomic E-state index is 0.102. The first-order valence-corrected chi connectivity index (χ1v) is 5.00. The van der Waals surface area contributed by atoms with Crippen molar-refractivity contribution >= 4 is 11.7 Å². The van der Waals surface area contributed by atoms with Crippen molar-refractivity contribution in [3.05, 3.63) is 28.8 Å². The van der Waals surface area contributed by atoms with Crippen LogP contribution in [-0.4, -0.2) is 12.1 Å². The van der Waals surface area contributed by atoms with E-state index in [1.54, 1.807) is 12.1 Å². The van der Waals surface area contributed by atoms with Crippen molar-refractivity contribution in [2.75, 3.05) is 5.73 Å². The molecule has 0 aliphatic rings. The van der Waals surface area contributed by atoms with Crippen LogP contribution in [0, 0.1) is 13.8 Å². The molecule has 2 N–H and O–H groups in total. The van der Waals surface area contributed by atoms with E-state index in [1.165, 1.54) is 0 Å². The van der Waals surface area contributed by atoms with Crippen LogP contribution < -0.4 is 5.73 Å². The number of nitrogen functional groups attached to an aromatic ring is 1.